The molecule has 0 unspecified atom stereocenters. The smallest absolute Gasteiger partial charge is 0.236 e. The fourth-order valence-electron chi connectivity index (χ4n) is 2.74. The zero-order chi connectivity index (χ0) is 21.2. The molecule has 0 aliphatic rings. The lowest BCUT2D eigenvalue weighted by atomic mass is 10.1. The van der Waals surface area contributed by atoms with Crippen LogP contribution in [-0.4, -0.2) is 37.8 Å². The number of oxazole rings is 1. The van der Waals surface area contributed by atoms with Gasteiger partial charge in [0.2, 0.25) is 5.89 Å². The average Bonchev–Trinajstić information content (AvgIpc) is 3.43. The zero-order valence-electron chi connectivity index (χ0n) is 17.6. The first-order chi connectivity index (χ1) is 14.7. The highest BCUT2D eigenvalue weighted by molar-refractivity contribution is 7.13. The molecule has 3 rings (SSSR count). The molecule has 0 bridgehead atoms. The van der Waals surface area contributed by atoms with Crippen LogP contribution in [0.25, 0.3) is 10.8 Å². The number of guanidine groups is 1. The van der Waals surface area contributed by atoms with Crippen molar-refractivity contribution in [3.05, 3.63) is 58.8 Å². The van der Waals surface area contributed by atoms with Gasteiger partial charge in [-0.1, -0.05) is 18.2 Å². The van der Waals surface area contributed by atoms with Gasteiger partial charge in [0.15, 0.2) is 5.96 Å². The minimum Gasteiger partial charge on any atom is -0.491 e. The number of ether oxygens (including phenoxy) is 2. The molecule has 0 aliphatic carbocycles. The van der Waals surface area contributed by atoms with Gasteiger partial charge in [-0.3, -0.25) is 0 Å². The van der Waals surface area contributed by atoms with Crippen LogP contribution in [0.3, 0.4) is 0 Å². The van der Waals surface area contributed by atoms with Gasteiger partial charge in [-0.2, -0.15) is 0 Å². The van der Waals surface area contributed by atoms with Gasteiger partial charge >= 0.3 is 0 Å². The first-order valence-electron chi connectivity index (χ1n) is 9.91. The molecule has 0 amide bonds. The van der Waals surface area contributed by atoms with Crippen LogP contribution in [-0.2, 0) is 17.8 Å². The molecule has 0 aliphatic heterocycles. The van der Waals surface area contributed by atoms with Crippen LogP contribution >= 0.6 is 11.3 Å². The van der Waals surface area contributed by atoms with E-state index in [0.717, 1.165) is 34.0 Å². The average molecular weight is 429 g/mol. The number of hydrogen-bond acceptors (Lipinski definition) is 6. The van der Waals surface area contributed by atoms with Gasteiger partial charge in [-0.05, 0) is 36.9 Å². The fourth-order valence-corrected chi connectivity index (χ4v) is 3.40. The van der Waals surface area contributed by atoms with E-state index in [1.807, 2.05) is 37.4 Å². The van der Waals surface area contributed by atoms with Gasteiger partial charge < -0.3 is 24.5 Å². The highest BCUT2D eigenvalue weighted by Gasteiger charge is 2.09. The molecule has 0 spiro atoms. The Balaban J connectivity index is 1.63. The quantitative estimate of drug-likeness (QED) is 0.289. The summed E-state index contributed by atoms with van der Waals surface area (Å²) in [5, 5.41) is 8.58. The summed E-state index contributed by atoms with van der Waals surface area (Å²) in [6, 6.07) is 10.1. The van der Waals surface area contributed by atoms with Gasteiger partial charge in [-0.25, -0.2) is 9.98 Å². The first-order valence-corrected chi connectivity index (χ1v) is 10.8. The minimum absolute atomic E-state index is 0.497. The Hall–Kier alpha value is -2.84. The molecular weight excluding hydrogens is 400 g/mol. The number of rotatable bonds is 10. The van der Waals surface area contributed by atoms with E-state index in [1.54, 1.807) is 24.7 Å². The van der Waals surface area contributed by atoms with Crippen LogP contribution in [0.15, 0.2) is 51.4 Å². The zero-order valence-corrected chi connectivity index (χ0v) is 18.4. The summed E-state index contributed by atoms with van der Waals surface area (Å²) in [5.41, 5.74) is 2.99. The van der Waals surface area contributed by atoms with Crippen LogP contribution in [0.2, 0.25) is 0 Å². The minimum atomic E-state index is 0.497. The molecule has 2 N–H and O–H groups in total. The maximum Gasteiger partial charge on any atom is 0.236 e. The van der Waals surface area contributed by atoms with Crippen molar-refractivity contribution in [2.75, 3.05) is 26.9 Å². The van der Waals surface area contributed by atoms with Crippen molar-refractivity contribution in [2.24, 2.45) is 4.99 Å². The Morgan fingerprint density at radius 1 is 1.23 bits per heavy atom. The summed E-state index contributed by atoms with van der Waals surface area (Å²) in [7, 11) is 1.66. The van der Waals surface area contributed by atoms with Crippen LogP contribution in [0.4, 0.5) is 0 Å². The highest BCUT2D eigenvalue weighted by atomic mass is 32.1. The van der Waals surface area contributed by atoms with E-state index < -0.39 is 0 Å². The van der Waals surface area contributed by atoms with E-state index in [4.69, 9.17) is 18.9 Å². The summed E-state index contributed by atoms with van der Waals surface area (Å²) < 4.78 is 16.5. The third kappa shape index (κ3) is 6.33. The molecule has 0 atom stereocenters. The molecule has 0 saturated carbocycles. The van der Waals surface area contributed by atoms with E-state index >= 15 is 0 Å². The van der Waals surface area contributed by atoms with Crippen molar-refractivity contribution in [1.29, 1.82) is 0 Å². The molecule has 0 fully saturated rings. The Kier molecular flexibility index (Phi) is 8.29. The Morgan fingerprint density at radius 3 is 2.90 bits per heavy atom. The molecular formula is C22H28N4O3S. The molecule has 2 aromatic heterocycles. The number of aromatic nitrogens is 1. The molecule has 7 nitrogen and oxygen atoms in total. The Labute approximate surface area is 181 Å². The molecule has 3 aromatic rings. The summed E-state index contributed by atoms with van der Waals surface area (Å²) in [6.07, 6.45) is 1.67. The molecule has 30 heavy (non-hydrogen) atoms. The summed E-state index contributed by atoms with van der Waals surface area (Å²) in [6.45, 7) is 6.91. The van der Waals surface area contributed by atoms with E-state index in [-0.39, 0.29) is 0 Å². The lowest BCUT2D eigenvalue weighted by Crippen LogP contribution is -2.36. The number of hydrogen-bond donors (Lipinski definition) is 2. The van der Waals surface area contributed by atoms with Crippen molar-refractivity contribution in [1.82, 2.24) is 15.6 Å². The van der Waals surface area contributed by atoms with E-state index in [1.165, 1.54) is 0 Å². The molecule has 160 valence electrons. The monoisotopic (exact) mass is 428 g/mol. The second kappa shape index (κ2) is 11.4. The van der Waals surface area contributed by atoms with Gasteiger partial charge in [0.1, 0.15) is 18.6 Å². The van der Waals surface area contributed by atoms with Crippen molar-refractivity contribution in [3.63, 3.8) is 0 Å². The highest BCUT2D eigenvalue weighted by Crippen LogP contribution is 2.24. The van der Waals surface area contributed by atoms with Crippen molar-refractivity contribution >= 4 is 17.3 Å². The van der Waals surface area contributed by atoms with Gasteiger partial charge in [0.05, 0.1) is 30.3 Å². The summed E-state index contributed by atoms with van der Waals surface area (Å²) >= 11 is 1.60. The molecule has 2 heterocycles. The number of benzene rings is 1. The number of aryl methyl sites for hydroxylation is 1. The van der Waals surface area contributed by atoms with Crippen LogP contribution in [0.5, 0.6) is 5.75 Å². The third-order valence-corrected chi connectivity index (χ3v) is 5.10. The fraction of sp³-hybridized carbons (Fsp3) is 0.364. The number of nitrogens with one attached hydrogen (secondary N) is 2. The third-order valence-electron chi connectivity index (χ3n) is 4.24. The topological polar surface area (TPSA) is 80.9 Å². The van der Waals surface area contributed by atoms with Gasteiger partial charge in [0.25, 0.3) is 0 Å². The van der Waals surface area contributed by atoms with E-state index in [2.05, 4.69) is 27.8 Å². The van der Waals surface area contributed by atoms with Crippen molar-refractivity contribution in [3.8, 4) is 16.5 Å². The van der Waals surface area contributed by atoms with Crippen LogP contribution in [0, 0.1) is 6.92 Å². The van der Waals surface area contributed by atoms with Crippen LogP contribution in [0.1, 0.15) is 23.7 Å². The predicted molar refractivity (Wildman–Crippen MR) is 120 cm³/mol. The van der Waals surface area contributed by atoms with E-state index in [9.17, 15) is 0 Å². The lowest BCUT2D eigenvalue weighted by Gasteiger charge is -2.13. The van der Waals surface area contributed by atoms with Crippen molar-refractivity contribution in [2.45, 2.75) is 26.9 Å². The summed E-state index contributed by atoms with van der Waals surface area (Å²) in [4.78, 5) is 10.3. The summed E-state index contributed by atoms with van der Waals surface area (Å²) in [5.74, 6) is 2.19. The van der Waals surface area contributed by atoms with E-state index in [0.29, 0.717) is 38.2 Å². The number of methoxy groups -OCH3 is 1. The molecule has 0 saturated heterocycles. The molecule has 8 heteroatoms. The maximum absolute atomic E-state index is 5.86. The largest absolute Gasteiger partial charge is 0.491 e. The second-order valence-corrected chi connectivity index (χ2v) is 7.57. The maximum atomic E-state index is 5.86. The number of thiophene rings is 1. The normalized spacial score (nSPS) is 11.5. The second-order valence-electron chi connectivity index (χ2n) is 6.62. The molecule has 1 aromatic carbocycles. The Morgan fingerprint density at radius 2 is 2.13 bits per heavy atom. The molecule has 0 radical (unpaired) electrons. The SMILES string of the molecule is CCNC(=NCc1ccc(C)cc1OCCOC)NCc1coc(-c2cccs2)n1. The standard InChI is InChI=1S/C22H28N4O3S/c1-4-23-22(25-14-18-15-29-21(26-18)20-6-5-11-30-20)24-13-17-8-7-16(2)12-19(17)28-10-9-27-3/h5-8,11-12,15H,4,9-10,13-14H2,1-3H3,(H2,23,24,25). The number of nitrogens with zero attached hydrogens (tertiary/aromatic N) is 2. The van der Waals surface area contributed by atoms with Crippen LogP contribution < -0.4 is 15.4 Å². The van der Waals surface area contributed by atoms with Gasteiger partial charge in [-0.15, -0.1) is 11.3 Å². The Bertz CT molecular complexity index is 938. The predicted octanol–water partition coefficient (Wildman–Crippen LogP) is 3.99. The lowest BCUT2D eigenvalue weighted by molar-refractivity contribution is 0.145. The first kappa shape index (κ1) is 21.9. The van der Waals surface area contributed by atoms with Gasteiger partial charge in [0, 0.05) is 19.2 Å². The number of aliphatic imine (C=N–C) groups is 1. The van der Waals surface area contributed by atoms with Crippen molar-refractivity contribution < 1.29 is 13.9 Å².